The van der Waals surface area contributed by atoms with Gasteiger partial charge in [-0.1, -0.05) is 0 Å². The minimum atomic E-state index is -3.81. The number of benzene rings is 2. The van der Waals surface area contributed by atoms with Crippen LogP contribution in [-0.2, 0) is 21.2 Å². The van der Waals surface area contributed by atoms with Gasteiger partial charge < -0.3 is 4.90 Å². The number of anilines is 2. The van der Waals surface area contributed by atoms with Gasteiger partial charge in [0.25, 0.3) is 10.0 Å². The van der Waals surface area contributed by atoms with Crippen molar-refractivity contribution in [3.05, 3.63) is 53.3 Å². The van der Waals surface area contributed by atoms with Crippen LogP contribution < -0.4 is 9.62 Å². The molecule has 0 aromatic heterocycles. The summed E-state index contributed by atoms with van der Waals surface area (Å²) in [7, 11) is -3.81. The average Bonchev–Trinajstić information content (AvgIpc) is 2.53. The summed E-state index contributed by atoms with van der Waals surface area (Å²) in [5.74, 6) is -0.509. The summed E-state index contributed by atoms with van der Waals surface area (Å²) in [6.07, 6.45) is 1.62. The van der Waals surface area contributed by atoms with E-state index in [4.69, 9.17) is 0 Å². The highest BCUT2D eigenvalue weighted by molar-refractivity contribution is 7.92. The topological polar surface area (TPSA) is 66.5 Å². The molecule has 25 heavy (non-hydrogen) atoms. The molecular weight excluding hydrogens is 343 g/mol. The Kier molecular flexibility index (Phi) is 4.51. The number of rotatable bonds is 3. The van der Waals surface area contributed by atoms with E-state index in [2.05, 4.69) is 4.72 Å². The van der Waals surface area contributed by atoms with E-state index in [1.54, 1.807) is 30.0 Å². The van der Waals surface area contributed by atoms with Crippen molar-refractivity contribution in [2.24, 2.45) is 0 Å². The highest BCUT2D eigenvalue weighted by Gasteiger charge is 2.22. The molecule has 0 saturated heterocycles. The largest absolute Gasteiger partial charge is 0.312 e. The number of fused-ring (bicyclic) bond motifs is 1. The number of sulfonamides is 1. The van der Waals surface area contributed by atoms with E-state index in [-0.39, 0.29) is 10.8 Å². The number of amides is 1. The van der Waals surface area contributed by atoms with Crippen LogP contribution in [0.2, 0.25) is 0 Å². The van der Waals surface area contributed by atoms with E-state index in [1.807, 2.05) is 0 Å². The maximum Gasteiger partial charge on any atom is 0.262 e. The van der Waals surface area contributed by atoms with Gasteiger partial charge in [0.05, 0.1) is 4.90 Å². The Bertz CT molecular complexity index is 941. The fourth-order valence-electron chi connectivity index (χ4n) is 3.11. The summed E-state index contributed by atoms with van der Waals surface area (Å²) >= 11 is 0. The fourth-order valence-corrected chi connectivity index (χ4v) is 4.39. The fraction of sp³-hybridized carbons (Fsp3) is 0.278. The van der Waals surface area contributed by atoms with Gasteiger partial charge in [0.15, 0.2) is 0 Å². The summed E-state index contributed by atoms with van der Waals surface area (Å²) < 4.78 is 40.9. The minimum Gasteiger partial charge on any atom is -0.312 e. The number of nitrogens with zero attached hydrogens (tertiary/aromatic N) is 1. The van der Waals surface area contributed by atoms with Gasteiger partial charge in [0, 0.05) is 24.8 Å². The monoisotopic (exact) mass is 362 g/mol. The molecule has 1 aliphatic rings. The third-order valence-corrected chi connectivity index (χ3v) is 5.80. The van der Waals surface area contributed by atoms with Crippen molar-refractivity contribution in [1.82, 2.24) is 0 Å². The standard InChI is InChI=1S/C18H19FN2O3S/c1-12-10-15(19)5-8-18(12)25(23,24)20-16-6-7-17-14(11-16)4-3-9-21(17)13(2)22/h5-8,10-11,20H,3-4,9H2,1-2H3. The quantitative estimate of drug-likeness (QED) is 0.912. The molecule has 1 aliphatic heterocycles. The number of halogens is 1. The second-order valence-corrected chi connectivity index (χ2v) is 7.78. The number of aryl methyl sites for hydroxylation is 2. The van der Waals surface area contributed by atoms with E-state index in [0.29, 0.717) is 17.8 Å². The second-order valence-electron chi connectivity index (χ2n) is 6.13. The van der Waals surface area contributed by atoms with Crippen molar-refractivity contribution < 1.29 is 17.6 Å². The van der Waals surface area contributed by atoms with Crippen LogP contribution in [0.25, 0.3) is 0 Å². The predicted octanol–water partition coefficient (Wildman–Crippen LogP) is 3.23. The van der Waals surface area contributed by atoms with Crippen LogP contribution >= 0.6 is 0 Å². The van der Waals surface area contributed by atoms with Crippen molar-refractivity contribution in [3.63, 3.8) is 0 Å². The average molecular weight is 362 g/mol. The maximum absolute atomic E-state index is 13.2. The zero-order valence-electron chi connectivity index (χ0n) is 14.0. The predicted molar refractivity (Wildman–Crippen MR) is 94.7 cm³/mol. The Morgan fingerprint density at radius 3 is 2.64 bits per heavy atom. The molecule has 2 aromatic rings. The molecule has 1 heterocycles. The van der Waals surface area contributed by atoms with Crippen molar-refractivity contribution in [2.45, 2.75) is 31.6 Å². The first-order chi connectivity index (χ1) is 11.8. The lowest BCUT2D eigenvalue weighted by Crippen LogP contribution is -2.33. The highest BCUT2D eigenvalue weighted by atomic mass is 32.2. The summed E-state index contributed by atoms with van der Waals surface area (Å²) in [6, 6.07) is 8.71. The Morgan fingerprint density at radius 1 is 1.20 bits per heavy atom. The van der Waals surface area contributed by atoms with Crippen LogP contribution in [0.3, 0.4) is 0 Å². The second kappa shape index (κ2) is 6.48. The van der Waals surface area contributed by atoms with Crippen LogP contribution in [-0.4, -0.2) is 20.9 Å². The zero-order chi connectivity index (χ0) is 18.2. The van der Waals surface area contributed by atoms with Crippen LogP contribution in [0.1, 0.15) is 24.5 Å². The Balaban J connectivity index is 1.92. The molecule has 2 aromatic carbocycles. The molecule has 7 heteroatoms. The number of hydrogen-bond donors (Lipinski definition) is 1. The molecule has 0 fully saturated rings. The van der Waals surface area contributed by atoms with E-state index in [9.17, 15) is 17.6 Å². The van der Waals surface area contributed by atoms with E-state index in [1.165, 1.54) is 19.1 Å². The van der Waals surface area contributed by atoms with Gasteiger partial charge >= 0.3 is 0 Å². The Labute approximate surface area is 146 Å². The molecule has 0 atom stereocenters. The zero-order valence-corrected chi connectivity index (χ0v) is 14.9. The first-order valence-electron chi connectivity index (χ1n) is 7.98. The summed E-state index contributed by atoms with van der Waals surface area (Å²) in [6.45, 7) is 3.74. The molecule has 132 valence electrons. The summed E-state index contributed by atoms with van der Waals surface area (Å²) in [5, 5.41) is 0. The lowest BCUT2D eigenvalue weighted by Gasteiger charge is -2.29. The highest BCUT2D eigenvalue weighted by Crippen LogP contribution is 2.30. The van der Waals surface area contributed by atoms with Gasteiger partial charge in [0.2, 0.25) is 5.91 Å². The molecule has 1 N–H and O–H groups in total. The van der Waals surface area contributed by atoms with E-state index in [0.717, 1.165) is 30.2 Å². The van der Waals surface area contributed by atoms with Crippen LogP contribution in [0, 0.1) is 12.7 Å². The molecule has 0 aliphatic carbocycles. The van der Waals surface area contributed by atoms with Crippen LogP contribution in [0.4, 0.5) is 15.8 Å². The van der Waals surface area contributed by atoms with E-state index >= 15 is 0 Å². The van der Waals surface area contributed by atoms with Gasteiger partial charge in [-0.25, -0.2) is 12.8 Å². The van der Waals surface area contributed by atoms with Crippen LogP contribution in [0.15, 0.2) is 41.3 Å². The van der Waals surface area contributed by atoms with Gasteiger partial charge in [-0.05, 0) is 67.3 Å². The smallest absolute Gasteiger partial charge is 0.262 e. The molecule has 1 amide bonds. The number of carbonyl (C=O) groups excluding carboxylic acids is 1. The molecule has 0 spiro atoms. The molecule has 0 radical (unpaired) electrons. The molecule has 0 bridgehead atoms. The first kappa shape index (κ1) is 17.4. The third kappa shape index (κ3) is 3.51. The minimum absolute atomic E-state index is 0.0313. The molecule has 0 saturated carbocycles. The number of nitrogens with one attached hydrogen (secondary N) is 1. The van der Waals surface area contributed by atoms with Gasteiger partial charge in [-0.3, -0.25) is 9.52 Å². The summed E-state index contributed by atoms with van der Waals surface area (Å²) in [5.41, 5.74) is 2.51. The first-order valence-corrected chi connectivity index (χ1v) is 9.46. The lowest BCUT2D eigenvalue weighted by atomic mass is 10.0. The third-order valence-electron chi connectivity index (χ3n) is 4.26. The normalized spacial score (nSPS) is 14.1. The van der Waals surface area contributed by atoms with Gasteiger partial charge in [0.1, 0.15) is 5.82 Å². The Morgan fingerprint density at radius 2 is 1.96 bits per heavy atom. The van der Waals surface area contributed by atoms with Crippen molar-refractivity contribution >= 4 is 27.3 Å². The van der Waals surface area contributed by atoms with Crippen molar-refractivity contribution in [1.29, 1.82) is 0 Å². The SMILES string of the molecule is CC(=O)N1CCCc2cc(NS(=O)(=O)c3ccc(F)cc3C)ccc21. The van der Waals surface area contributed by atoms with E-state index < -0.39 is 15.8 Å². The summed E-state index contributed by atoms with van der Waals surface area (Å²) in [4.78, 5) is 13.4. The van der Waals surface area contributed by atoms with Gasteiger partial charge in [-0.2, -0.15) is 0 Å². The Hall–Kier alpha value is -2.41. The lowest BCUT2D eigenvalue weighted by molar-refractivity contribution is -0.116. The molecule has 5 nitrogen and oxygen atoms in total. The molecular formula is C18H19FN2O3S. The van der Waals surface area contributed by atoms with Crippen molar-refractivity contribution in [2.75, 3.05) is 16.2 Å². The number of hydrogen-bond acceptors (Lipinski definition) is 3. The molecule has 3 rings (SSSR count). The maximum atomic E-state index is 13.2. The van der Waals surface area contributed by atoms with Gasteiger partial charge in [-0.15, -0.1) is 0 Å². The molecule has 0 unspecified atom stereocenters. The van der Waals surface area contributed by atoms with Crippen molar-refractivity contribution in [3.8, 4) is 0 Å². The van der Waals surface area contributed by atoms with Crippen LogP contribution in [0.5, 0.6) is 0 Å². The number of carbonyl (C=O) groups is 1.